The first-order valence-electron chi connectivity index (χ1n) is 17.7. The molecule has 0 spiro atoms. The third-order valence-corrected chi connectivity index (χ3v) is 14.9. The van der Waals surface area contributed by atoms with Crippen LogP contribution in [0.15, 0.2) is 103 Å². The van der Waals surface area contributed by atoms with Crippen molar-refractivity contribution in [1.29, 1.82) is 0 Å². The van der Waals surface area contributed by atoms with Gasteiger partial charge in [-0.25, -0.2) is 4.79 Å². The summed E-state index contributed by atoms with van der Waals surface area (Å²) >= 11 is 0. The van der Waals surface area contributed by atoms with Gasteiger partial charge in [0.25, 0.3) is 0 Å². The van der Waals surface area contributed by atoms with E-state index < -0.39 is 19.5 Å². The van der Waals surface area contributed by atoms with Crippen LogP contribution in [-0.4, -0.2) is 86.6 Å². The van der Waals surface area contributed by atoms with Gasteiger partial charge in [-0.05, 0) is 67.6 Å². The summed E-state index contributed by atoms with van der Waals surface area (Å²) in [5.74, 6) is 0. The molecule has 0 aromatic heterocycles. The summed E-state index contributed by atoms with van der Waals surface area (Å²) in [7, 11) is -2.03. The first-order valence-corrected chi connectivity index (χ1v) is 20.6. The molecular weight excluding hydrogens is 611 g/mol. The van der Waals surface area contributed by atoms with Crippen LogP contribution in [0.4, 0.5) is 4.79 Å². The summed E-state index contributed by atoms with van der Waals surface area (Å²) in [6.45, 7) is 23.0. The van der Waals surface area contributed by atoms with Gasteiger partial charge in [0, 0.05) is 45.8 Å². The van der Waals surface area contributed by atoms with Gasteiger partial charge in [0.2, 0.25) is 0 Å². The van der Waals surface area contributed by atoms with Crippen molar-refractivity contribution >= 4 is 14.4 Å². The van der Waals surface area contributed by atoms with Crippen LogP contribution in [0.25, 0.3) is 0 Å². The average Bonchev–Trinajstić information content (AvgIpc) is 3.05. The van der Waals surface area contributed by atoms with Crippen molar-refractivity contribution in [3.05, 3.63) is 119 Å². The van der Waals surface area contributed by atoms with E-state index in [1.807, 2.05) is 25.7 Å². The van der Waals surface area contributed by atoms with E-state index in [-0.39, 0.29) is 17.2 Å². The molecule has 0 aliphatic carbocycles. The lowest BCUT2D eigenvalue weighted by atomic mass is 9.74. The Labute approximate surface area is 290 Å². The van der Waals surface area contributed by atoms with Crippen molar-refractivity contribution in [3.8, 4) is 0 Å². The molecule has 48 heavy (non-hydrogen) atoms. The van der Waals surface area contributed by atoms with E-state index >= 15 is 0 Å². The molecule has 1 amide bonds. The summed E-state index contributed by atoms with van der Waals surface area (Å²) < 4.78 is 12.9. The van der Waals surface area contributed by atoms with Crippen molar-refractivity contribution < 1.29 is 14.0 Å². The number of piperidine rings is 1. The molecule has 2 aliphatic rings. The first kappa shape index (κ1) is 36.1. The SMILES string of the molecule is CC(C)(C)OC(=O)N1CCN(C/C=C2/CN(C(c3ccccc3)(c3ccccc3)c3ccccc3)CCC2O[Si](C)(C)C(C)(C)C)CC1. The number of carbonyl (C=O) groups is 1. The van der Waals surface area contributed by atoms with Crippen LogP contribution in [-0.2, 0) is 14.7 Å². The summed E-state index contributed by atoms with van der Waals surface area (Å²) in [5, 5.41) is 0.120. The van der Waals surface area contributed by atoms with Gasteiger partial charge in [-0.15, -0.1) is 0 Å². The number of hydrogen-bond donors (Lipinski definition) is 0. The molecule has 2 heterocycles. The van der Waals surface area contributed by atoms with Gasteiger partial charge < -0.3 is 14.1 Å². The quantitative estimate of drug-likeness (QED) is 0.137. The third kappa shape index (κ3) is 8.13. The molecule has 2 saturated heterocycles. The third-order valence-electron chi connectivity index (χ3n) is 10.4. The molecule has 6 nitrogen and oxygen atoms in total. The van der Waals surface area contributed by atoms with Gasteiger partial charge in [-0.2, -0.15) is 0 Å². The van der Waals surface area contributed by atoms with Gasteiger partial charge >= 0.3 is 6.09 Å². The Morgan fingerprint density at radius 3 is 1.67 bits per heavy atom. The van der Waals surface area contributed by atoms with E-state index in [1.54, 1.807) is 0 Å². The number of benzene rings is 3. The molecule has 0 radical (unpaired) electrons. The highest BCUT2D eigenvalue weighted by Gasteiger charge is 2.46. The van der Waals surface area contributed by atoms with Gasteiger partial charge in [0.05, 0.1) is 11.6 Å². The number of amides is 1. The molecule has 0 bridgehead atoms. The lowest BCUT2D eigenvalue weighted by molar-refractivity contribution is 0.0153. The van der Waals surface area contributed by atoms with Crippen LogP contribution in [0.2, 0.25) is 18.1 Å². The number of hydrogen-bond acceptors (Lipinski definition) is 5. The Morgan fingerprint density at radius 1 is 0.750 bits per heavy atom. The van der Waals surface area contributed by atoms with Crippen molar-refractivity contribution in [1.82, 2.24) is 14.7 Å². The molecule has 3 aromatic carbocycles. The maximum Gasteiger partial charge on any atom is 0.410 e. The smallest absolute Gasteiger partial charge is 0.410 e. The highest BCUT2D eigenvalue weighted by Crippen LogP contribution is 2.46. The van der Waals surface area contributed by atoms with E-state index in [0.717, 1.165) is 39.1 Å². The molecule has 1 atom stereocenters. The zero-order valence-electron chi connectivity index (χ0n) is 30.5. The summed E-state index contributed by atoms with van der Waals surface area (Å²) in [5.41, 5.74) is 4.20. The second-order valence-electron chi connectivity index (χ2n) is 15.9. The Kier molecular flexibility index (Phi) is 11.1. The number of nitrogens with zero attached hydrogens (tertiary/aromatic N) is 3. The van der Waals surface area contributed by atoms with Crippen LogP contribution in [0.5, 0.6) is 0 Å². The number of piperazine rings is 1. The van der Waals surface area contributed by atoms with E-state index in [2.05, 4.69) is 141 Å². The van der Waals surface area contributed by atoms with Gasteiger partial charge in [-0.3, -0.25) is 9.80 Å². The van der Waals surface area contributed by atoms with Crippen LogP contribution < -0.4 is 0 Å². The van der Waals surface area contributed by atoms with Gasteiger partial charge in [0.1, 0.15) is 5.60 Å². The molecule has 7 heteroatoms. The monoisotopic (exact) mass is 667 g/mol. The maximum absolute atomic E-state index is 12.7. The van der Waals surface area contributed by atoms with E-state index in [4.69, 9.17) is 9.16 Å². The summed E-state index contributed by atoms with van der Waals surface area (Å²) in [6, 6.07) is 33.0. The molecule has 2 aliphatic heterocycles. The molecule has 0 saturated carbocycles. The van der Waals surface area contributed by atoms with Crippen LogP contribution >= 0.6 is 0 Å². The zero-order valence-corrected chi connectivity index (χ0v) is 31.5. The van der Waals surface area contributed by atoms with Crippen LogP contribution in [0.3, 0.4) is 0 Å². The molecule has 5 rings (SSSR count). The van der Waals surface area contributed by atoms with Gasteiger partial charge in [0.15, 0.2) is 8.32 Å². The molecule has 258 valence electrons. The number of likely N-dealkylation sites (tertiary alicyclic amines) is 1. The van der Waals surface area contributed by atoms with Crippen LogP contribution in [0, 0.1) is 0 Å². The van der Waals surface area contributed by atoms with Crippen LogP contribution in [0.1, 0.15) is 64.7 Å². The lowest BCUT2D eigenvalue weighted by Crippen LogP contribution is -2.55. The van der Waals surface area contributed by atoms with Crippen molar-refractivity contribution in [2.24, 2.45) is 0 Å². The summed E-state index contributed by atoms with van der Waals surface area (Å²) in [6.07, 6.45) is 3.23. The highest BCUT2D eigenvalue weighted by atomic mass is 28.4. The second kappa shape index (κ2) is 14.7. The summed E-state index contributed by atoms with van der Waals surface area (Å²) in [4.78, 5) is 19.7. The number of ether oxygens (including phenoxy) is 1. The van der Waals surface area contributed by atoms with E-state index in [1.165, 1.54) is 22.3 Å². The van der Waals surface area contributed by atoms with E-state index in [0.29, 0.717) is 13.1 Å². The molecule has 1 unspecified atom stereocenters. The average molecular weight is 668 g/mol. The number of carbonyl (C=O) groups excluding carboxylic acids is 1. The Hall–Kier alpha value is -3.23. The molecule has 2 fully saturated rings. The number of rotatable bonds is 8. The lowest BCUT2D eigenvalue weighted by Gasteiger charge is -2.50. The fourth-order valence-corrected chi connectivity index (χ4v) is 8.11. The predicted molar refractivity (Wildman–Crippen MR) is 200 cm³/mol. The van der Waals surface area contributed by atoms with Gasteiger partial charge in [-0.1, -0.05) is 118 Å². The normalized spacial score (nSPS) is 19.8. The minimum Gasteiger partial charge on any atom is -0.444 e. The Balaban J connectivity index is 1.49. The predicted octanol–water partition coefficient (Wildman–Crippen LogP) is 8.55. The van der Waals surface area contributed by atoms with Crippen molar-refractivity contribution in [2.45, 2.75) is 83.3 Å². The minimum absolute atomic E-state index is 0.0743. The zero-order chi connectivity index (χ0) is 34.6. The Bertz CT molecular complexity index is 1410. The fourth-order valence-electron chi connectivity index (χ4n) is 6.78. The maximum atomic E-state index is 12.7. The minimum atomic E-state index is -2.03. The topological polar surface area (TPSA) is 45.2 Å². The van der Waals surface area contributed by atoms with Crippen molar-refractivity contribution in [3.63, 3.8) is 0 Å². The fraction of sp³-hybridized carbons (Fsp3) is 0.488. The second-order valence-corrected chi connectivity index (χ2v) is 20.7. The highest BCUT2D eigenvalue weighted by molar-refractivity contribution is 6.74. The largest absolute Gasteiger partial charge is 0.444 e. The van der Waals surface area contributed by atoms with Crippen molar-refractivity contribution in [2.75, 3.05) is 45.8 Å². The molecule has 3 aromatic rings. The Morgan fingerprint density at radius 2 is 1.23 bits per heavy atom. The standard InChI is InChI=1S/C41H57N3O3Si/c1-39(2,3)46-38(45)43-30-28-42(29-31-43)26-24-33-32-44(27-25-37(33)47-48(7,8)40(4,5)6)41(34-18-12-9-13-19-34,35-20-14-10-15-21-35)36-22-16-11-17-23-36/h9-24,37H,25-32H2,1-8H3/b33-24-. The first-order chi connectivity index (χ1) is 22.7. The van der Waals surface area contributed by atoms with E-state index in [9.17, 15) is 4.79 Å². The molecule has 0 N–H and O–H groups in total. The molecular formula is C41H57N3O3Si.